The second-order valence-electron chi connectivity index (χ2n) is 9.06. The Bertz CT molecular complexity index is 1320. The van der Waals surface area contributed by atoms with Crippen molar-refractivity contribution in [2.45, 2.75) is 26.9 Å². The molecule has 2 amide bonds. The molecule has 3 aromatic carbocycles. The number of carboxylic acid groups (broad SMARTS) is 1. The highest BCUT2D eigenvalue weighted by Gasteiger charge is 2.22. The van der Waals surface area contributed by atoms with E-state index in [1.807, 2.05) is 32.9 Å². The molecule has 0 saturated carbocycles. The summed E-state index contributed by atoms with van der Waals surface area (Å²) in [6.45, 7) is 10.1. The number of benzene rings is 3. The minimum absolute atomic E-state index is 0.0972. The van der Waals surface area contributed by atoms with Gasteiger partial charge in [-0.2, -0.15) is 0 Å². The second-order valence-corrected chi connectivity index (χ2v) is 9.27. The van der Waals surface area contributed by atoms with Gasteiger partial charge in [0.05, 0.1) is 5.56 Å². The number of thiol groups is 1. The van der Waals surface area contributed by atoms with Crippen LogP contribution in [0.15, 0.2) is 73.3 Å². The van der Waals surface area contributed by atoms with E-state index in [-0.39, 0.29) is 28.5 Å². The molecule has 0 spiro atoms. The van der Waals surface area contributed by atoms with Crippen molar-refractivity contribution in [3.05, 3.63) is 101 Å². The zero-order valence-corrected chi connectivity index (χ0v) is 21.8. The first-order valence-corrected chi connectivity index (χ1v) is 12.1. The number of carbonyl (C=O) groups excluding carboxylic acids is 2. The Morgan fingerprint density at radius 3 is 2.22 bits per heavy atom. The molecule has 0 aliphatic heterocycles. The van der Waals surface area contributed by atoms with Crippen LogP contribution in [0.4, 0.5) is 5.69 Å². The Morgan fingerprint density at radius 2 is 1.62 bits per heavy atom. The molecule has 0 aliphatic carbocycles. The molecule has 3 rings (SSSR count). The average molecular weight is 519 g/mol. The lowest BCUT2D eigenvalue weighted by molar-refractivity contribution is 0.0697. The molecule has 1 unspecified atom stereocenters. The van der Waals surface area contributed by atoms with Gasteiger partial charge >= 0.3 is 5.97 Å². The Hall–Kier alpha value is -3.88. The molecule has 0 aromatic heterocycles. The number of rotatable bonds is 10. The Labute approximate surface area is 222 Å². The van der Waals surface area contributed by atoms with Gasteiger partial charge in [-0.1, -0.05) is 55.8 Å². The number of amides is 2. The van der Waals surface area contributed by atoms with E-state index in [0.717, 1.165) is 5.56 Å². The fourth-order valence-electron chi connectivity index (χ4n) is 3.73. The van der Waals surface area contributed by atoms with Crippen molar-refractivity contribution in [2.75, 3.05) is 11.9 Å². The zero-order valence-electron chi connectivity index (χ0n) is 20.9. The van der Waals surface area contributed by atoms with E-state index in [4.69, 9.17) is 4.18 Å². The second kappa shape index (κ2) is 12.4. The summed E-state index contributed by atoms with van der Waals surface area (Å²) in [5.74, 6) is -1.77. The van der Waals surface area contributed by atoms with Crippen LogP contribution in [0.5, 0.6) is 0 Å². The number of nitrogens with one attached hydrogen (secondary N) is 2. The predicted molar refractivity (Wildman–Crippen MR) is 148 cm³/mol. The van der Waals surface area contributed by atoms with Crippen LogP contribution in [0.3, 0.4) is 0 Å². The summed E-state index contributed by atoms with van der Waals surface area (Å²) in [6, 6.07) is 16.7. The van der Waals surface area contributed by atoms with Gasteiger partial charge < -0.3 is 19.9 Å². The summed E-state index contributed by atoms with van der Waals surface area (Å²) in [4.78, 5) is 38.2. The summed E-state index contributed by atoms with van der Waals surface area (Å²) >= 11 is 3.89. The topological polar surface area (TPSA) is 105 Å². The molecule has 192 valence electrons. The molecule has 0 bridgehead atoms. The number of carbonyl (C=O) groups is 3. The molecule has 8 heteroatoms. The van der Waals surface area contributed by atoms with E-state index in [0.29, 0.717) is 28.9 Å². The van der Waals surface area contributed by atoms with E-state index in [1.54, 1.807) is 42.5 Å². The maximum Gasteiger partial charge on any atom is 0.336 e. The molecule has 0 fully saturated rings. The summed E-state index contributed by atoms with van der Waals surface area (Å²) in [5.41, 5.74) is 3.30. The van der Waals surface area contributed by atoms with Gasteiger partial charge in [0.15, 0.2) is 0 Å². The van der Waals surface area contributed by atoms with Crippen LogP contribution in [0.1, 0.15) is 62.2 Å². The van der Waals surface area contributed by atoms with Gasteiger partial charge in [0.25, 0.3) is 11.8 Å². The van der Waals surface area contributed by atoms with Gasteiger partial charge in [0, 0.05) is 23.4 Å². The van der Waals surface area contributed by atoms with Crippen molar-refractivity contribution >= 4 is 36.4 Å². The van der Waals surface area contributed by atoms with Gasteiger partial charge in [-0.15, -0.1) is 6.58 Å². The molecule has 3 N–H and O–H groups in total. The lowest BCUT2D eigenvalue weighted by Crippen LogP contribution is -2.27. The van der Waals surface area contributed by atoms with E-state index < -0.39 is 18.0 Å². The van der Waals surface area contributed by atoms with Crippen LogP contribution in [0.25, 0.3) is 11.1 Å². The lowest BCUT2D eigenvalue weighted by atomic mass is 9.91. The largest absolute Gasteiger partial charge is 0.478 e. The number of carboxylic acids is 1. The third kappa shape index (κ3) is 6.87. The van der Waals surface area contributed by atoms with Crippen LogP contribution in [-0.2, 0) is 4.18 Å². The predicted octanol–water partition coefficient (Wildman–Crippen LogP) is 6.09. The monoisotopic (exact) mass is 518 g/mol. The van der Waals surface area contributed by atoms with Gasteiger partial charge in [-0.3, -0.25) is 9.59 Å². The van der Waals surface area contributed by atoms with E-state index in [9.17, 15) is 19.5 Å². The third-order valence-electron chi connectivity index (χ3n) is 5.73. The average Bonchev–Trinajstić information content (AvgIpc) is 2.88. The number of hydrogen-bond acceptors (Lipinski definition) is 5. The molecule has 3 aromatic rings. The van der Waals surface area contributed by atoms with E-state index >= 15 is 0 Å². The van der Waals surface area contributed by atoms with Crippen molar-refractivity contribution in [1.82, 2.24) is 5.32 Å². The Morgan fingerprint density at radius 1 is 0.973 bits per heavy atom. The van der Waals surface area contributed by atoms with E-state index in [1.165, 1.54) is 12.1 Å². The fraction of sp³-hybridized carbons (Fsp3) is 0.207. The highest BCUT2D eigenvalue weighted by atomic mass is 32.1. The molecular weight excluding hydrogens is 488 g/mol. The van der Waals surface area contributed by atoms with Crippen molar-refractivity contribution in [3.8, 4) is 11.1 Å². The first kappa shape index (κ1) is 27.7. The zero-order chi connectivity index (χ0) is 27.1. The molecule has 37 heavy (non-hydrogen) atoms. The van der Waals surface area contributed by atoms with Crippen molar-refractivity contribution < 1.29 is 23.7 Å². The van der Waals surface area contributed by atoms with Crippen LogP contribution < -0.4 is 10.6 Å². The first-order valence-electron chi connectivity index (χ1n) is 11.7. The van der Waals surface area contributed by atoms with Crippen LogP contribution in [0.2, 0.25) is 0 Å². The SMILES string of the molecule is C=CC(OS)c1ccc(-c2ccc(C(=O)NCC(C)C)cc2C(=O)O)c(C(=O)Nc2ccc(C)cc2)c1. The normalized spacial score (nSPS) is 11.6. The maximum absolute atomic E-state index is 13.4. The Balaban J connectivity index is 2.11. The van der Waals surface area contributed by atoms with Gasteiger partial charge in [-0.25, -0.2) is 4.79 Å². The van der Waals surface area contributed by atoms with Crippen LogP contribution in [0, 0.1) is 12.8 Å². The highest BCUT2D eigenvalue weighted by Crippen LogP contribution is 2.32. The number of anilines is 1. The summed E-state index contributed by atoms with van der Waals surface area (Å²) < 4.78 is 5.15. The third-order valence-corrected chi connectivity index (χ3v) is 5.95. The minimum Gasteiger partial charge on any atom is -0.478 e. The number of hydrogen-bond donors (Lipinski definition) is 4. The van der Waals surface area contributed by atoms with Crippen molar-refractivity contribution in [1.29, 1.82) is 0 Å². The smallest absolute Gasteiger partial charge is 0.336 e. The molecule has 0 aliphatic rings. The molecule has 1 atom stereocenters. The quantitative estimate of drug-likeness (QED) is 0.148. The molecule has 0 saturated heterocycles. The molecule has 0 radical (unpaired) electrons. The summed E-state index contributed by atoms with van der Waals surface area (Å²) in [5, 5.41) is 15.6. The van der Waals surface area contributed by atoms with E-state index in [2.05, 4.69) is 30.1 Å². The fourth-order valence-corrected chi connectivity index (χ4v) is 3.94. The molecule has 0 heterocycles. The van der Waals surface area contributed by atoms with Gasteiger partial charge in [0.2, 0.25) is 0 Å². The number of aryl methyl sites for hydroxylation is 1. The highest BCUT2D eigenvalue weighted by molar-refractivity contribution is 7.75. The van der Waals surface area contributed by atoms with Gasteiger partial charge in [-0.05, 0) is 72.8 Å². The van der Waals surface area contributed by atoms with Gasteiger partial charge in [0.1, 0.15) is 6.10 Å². The summed E-state index contributed by atoms with van der Waals surface area (Å²) in [7, 11) is 0. The van der Waals surface area contributed by atoms with Crippen LogP contribution in [-0.4, -0.2) is 29.4 Å². The van der Waals surface area contributed by atoms with Crippen molar-refractivity contribution in [2.24, 2.45) is 5.92 Å². The number of aromatic carboxylic acids is 1. The minimum atomic E-state index is -1.22. The standard InChI is InChI=1S/C29H30N2O5S/c1-5-26(36-37)19-8-12-22(24(14-19)28(33)31-21-10-6-18(4)7-11-21)23-13-9-20(15-25(23)29(34)35)27(32)30-16-17(2)3/h5-15,17,26,37H,1,16H2,2-4H3,(H,30,32)(H,31,33)(H,34,35). The van der Waals surface area contributed by atoms with Crippen LogP contribution >= 0.6 is 12.9 Å². The first-order chi connectivity index (χ1) is 17.6. The Kier molecular flexibility index (Phi) is 9.27. The lowest BCUT2D eigenvalue weighted by Gasteiger charge is -2.17. The summed E-state index contributed by atoms with van der Waals surface area (Å²) in [6.07, 6.45) is 0.950. The molecular formula is C29H30N2O5S. The molecule has 7 nitrogen and oxygen atoms in total. The maximum atomic E-state index is 13.4. The van der Waals surface area contributed by atoms with Crippen molar-refractivity contribution in [3.63, 3.8) is 0 Å².